The van der Waals surface area contributed by atoms with Gasteiger partial charge in [-0.3, -0.25) is 4.90 Å². The highest BCUT2D eigenvalue weighted by Crippen LogP contribution is 2.34. The fourth-order valence-electron chi connectivity index (χ4n) is 3.99. The fourth-order valence-corrected chi connectivity index (χ4v) is 3.99. The lowest BCUT2D eigenvalue weighted by Gasteiger charge is -2.34. The van der Waals surface area contributed by atoms with Gasteiger partial charge in [-0.25, -0.2) is 9.59 Å². The van der Waals surface area contributed by atoms with Crippen LogP contribution in [0.25, 0.3) is 0 Å². The van der Waals surface area contributed by atoms with Crippen LogP contribution in [0.5, 0.6) is 0 Å². The number of nitrogens with zero attached hydrogens (tertiary/aromatic N) is 1. The molecular weight excluding hydrogens is 401 g/mol. The van der Waals surface area contributed by atoms with E-state index in [1.54, 1.807) is 12.1 Å². The minimum absolute atomic E-state index is 0.365. The van der Waals surface area contributed by atoms with Gasteiger partial charge in [-0.15, -0.1) is 0 Å². The van der Waals surface area contributed by atoms with Gasteiger partial charge < -0.3 is 15.5 Å². The molecule has 0 amide bonds. The number of hydrogen-bond donors (Lipinski definition) is 3. The monoisotopic (exact) mass is 428 g/mol. The van der Waals surface area contributed by atoms with Crippen molar-refractivity contribution in [2.45, 2.75) is 56.9 Å². The topological polar surface area (TPSA) is 89.9 Å². The standard InChI is InChI=1S/C17H23F3N2.C4H4O4/c18-17(19,20)16-8-4-1-5-13(16)12-22(14-6-2-3-7-14)15-9-10-21-11-15;5-3(6)1-2-4(7)8/h1,4-5,8,14-15,21H,2-3,6-7,9-12H2;1-2H,(H,5,6)(H,7,8)/b;2-1+/t15-;/m0./s1. The fraction of sp³-hybridized carbons (Fsp3) is 0.524. The minimum Gasteiger partial charge on any atom is -0.478 e. The minimum atomic E-state index is -4.27. The van der Waals surface area contributed by atoms with Gasteiger partial charge in [0.25, 0.3) is 0 Å². The molecule has 1 atom stereocenters. The summed E-state index contributed by atoms with van der Waals surface area (Å²) < 4.78 is 39.7. The summed E-state index contributed by atoms with van der Waals surface area (Å²) in [6.07, 6.45) is 2.50. The molecule has 0 bridgehead atoms. The predicted octanol–water partition coefficient (Wildman–Crippen LogP) is 3.52. The van der Waals surface area contributed by atoms with E-state index in [4.69, 9.17) is 10.2 Å². The molecule has 166 valence electrons. The molecule has 1 saturated carbocycles. The van der Waals surface area contributed by atoms with Gasteiger partial charge >= 0.3 is 18.1 Å². The number of carbonyl (C=O) groups is 2. The summed E-state index contributed by atoms with van der Waals surface area (Å²) in [5.41, 5.74) is -0.0715. The van der Waals surface area contributed by atoms with Crippen LogP contribution in [0.4, 0.5) is 13.2 Å². The van der Waals surface area contributed by atoms with Crippen LogP contribution in [0.15, 0.2) is 36.4 Å². The number of halogens is 3. The van der Waals surface area contributed by atoms with Gasteiger partial charge in [0.2, 0.25) is 0 Å². The Bertz CT molecular complexity index is 708. The molecule has 1 aromatic rings. The molecule has 2 aliphatic rings. The van der Waals surface area contributed by atoms with Crippen molar-refractivity contribution in [3.8, 4) is 0 Å². The first-order chi connectivity index (χ1) is 14.2. The maximum Gasteiger partial charge on any atom is 0.416 e. The summed E-state index contributed by atoms with van der Waals surface area (Å²) in [7, 11) is 0. The molecule has 9 heteroatoms. The molecule has 0 spiro atoms. The van der Waals surface area contributed by atoms with E-state index in [9.17, 15) is 22.8 Å². The van der Waals surface area contributed by atoms with E-state index in [0.29, 0.717) is 36.3 Å². The highest BCUT2D eigenvalue weighted by Gasteiger charge is 2.36. The van der Waals surface area contributed by atoms with Crippen molar-refractivity contribution in [2.24, 2.45) is 0 Å². The summed E-state index contributed by atoms with van der Waals surface area (Å²) in [4.78, 5) is 21.4. The first-order valence-corrected chi connectivity index (χ1v) is 9.94. The summed E-state index contributed by atoms with van der Waals surface area (Å²) in [5.74, 6) is -2.51. The van der Waals surface area contributed by atoms with Crippen molar-refractivity contribution in [3.63, 3.8) is 0 Å². The van der Waals surface area contributed by atoms with Gasteiger partial charge in [-0.2, -0.15) is 13.2 Å². The average molecular weight is 428 g/mol. The SMILES string of the molecule is FC(F)(F)c1ccccc1CN(C1CCCC1)[C@H]1CCNC1.O=C(O)/C=C/C(=O)O. The molecule has 3 rings (SSSR count). The number of hydrogen-bond acceptors (Lipinski definition) is 4. The molecule has 6 nitrogen and oxygen atoms in total. The third-order valence-electron chi connectivity index (χ3n) is 5.34. The molecule has 0 unspecified atom stereocenters. The van der Waals surface area contributed by atoms with E-state index in [2.05, 4.69) is 10.2 Å². The van der Waals surface area contributed by atoms with Crippen molar-refractivity contribution >= 4 is 11.9 Å². The smallest absolute Gasteiger partial charge is 0.416 e. The number of benzene rings is 1. The lowest BCUT2D eigenvalue weighted by molar-refractivity contribution is -0.138. The van der Waals surface area contributed by atoms with E-state index < -0.39 is 23.7 Å². The second-order valence-corrected chi connectivity index (χ2v) is 7.42. The third kappa shape index (κ3) is 7.46. The Kier molecular flexibility index (Phi) is 8.86. The van der Waals surface area contributed by atoms with Crippen LogP contribution in [0.2, 0.25) is 0 Å². The first kappa shape index (κ1) is 23.9. The Morgan fingerprint density at radius 3 is 2.13 bits per heavy atom. The van der Waals surface area contributed by atoms with Crippen LogP contribution >= 0.6 is 0 Å². The van der Waals surface area contributed by atoms with Gasteiger partial charge in [0.15, 0.2) is 0 Å². The third-order valence-corrected chi connectivity index (χ3v) is 5.34. The predicted molar refractivity (Wildman–Crippen MR) is 105 cm³/mol. The quantitative estimate of drug-likeness (QED) is 0.601. The summed E-state index contributed by atoms with van der Waals surface area (Å²) >= 11 is 0. The normalized spacial score (nSPS) is 19.8. The Labute approximate surface area is 173 Å². The molecule has 3 N–H and O–H groups in total. The van der Waals surface area contributed by atoms with E-state index in [1.807, 2.05) is 0 Å². The lowest BCUT2D eigenvalue weighted by Crippen LogP contribution is -2.43. The second-order valence-electron chi connectivity index (χ2n) is 7.42. The zero-order chi connectivity index (χ0) is 22.1. The van der Waals surface area contributed by atoms with Crippen LogP contribution in [0, 0.1) is 0 Å². The summed E-state index contributed by atoms with van der Waals surface area (Å²) in [6.45, 7) is 2.27. The van der Waals surface area contributed by atoms with E-state index in [-0.39, 0.29) is 0 Å². The van der Waals surface area contributed by atoms with Crippen LogP contribution < -0.4 is 5.32 Å². The van der Waals surface area contributed by atoms with Crippen molar-refractivity contribution in [3.05, 3.63) is 47.5 Å². The zero-order valence-electron chi connectivity index (χ0n) is 16.6. The van der Waals surface area contributed by atoms with Crippen molar-refractivity contribution in [2.75, 3.05) is 13.1 Å². The number of carboxylic acid groups (broad SMARTS) is 2. The number of nitrogens with one attached hydrogen (secondary N) is 1. The Morgan fingerprint density at radius 1 is 1.03 bits per heavy atom. The molecule has 30 heavy (non-hydrogen) atoms. The highest BCUT2D eigenvalue weighted by molar-refractivity contribution is 5.89. The van der Waals surface area contributed by atoms with Gasteiger partial charge in [0.05, 0.1) is 5.56 Å². The lowest BCUT2D eigenvalue weighted by atomic mass is 10.0. The van der Waals surface area contributed by atoms with E-state index in [0.717, 1.165) is 32.4 Å². The van der Waals surface area contributed by atoms with E-state index >= 15 is 0 Å². The molecule has 0 aromatic heterocycles. The van der Waals surface area contributed by atoms with Crippen LogP contribution in [0.3, 0.4) is 0 Å². The molecule has 1 aliphatic heterocycles. The van der Waals surface area contributed by atoms with Gasteiger partial charge in [0.1, 0.15) is 0 Å². The van der Waals surface area contributed by atoms with Gasteiger partial charge in [0, 0.05) is 37.3 Å². The summed E-state index contributed by atoms with van der Waals surface area (Å²) in [6, 6.07) is 6.83. The second kappa shape index (κ2) is 11.1. The zero-order valence-corrected chi connectivity index (χ0v) is 16.6. The van der Waals surface area contributed by atoms with Crippen LogP contribution in [0.1, 0.15) is 43.2 Å². The van der Waals surface area contributed by atoms with Crippen LogP contribution in [-0.4, -0.2) is 52.2 Å². The average Bonchev–Trinajstić information content (AvgIpc) is 3.39. The largest absolute Gasteiger partial charge is 0.478 e. The van der Waals surface area contributed by atoms with E-state index in [1.165, 1.54) is 25.0 Å². The number of carboxylic acids is 2. The van der Waals surface area contributed by atoms with Crippen molar-refractivity contribution in [1.82, 2.24) is 10.2 Å². The molecule has 2 fully saturated rings. The molecular formula is C21H27F3N2O4. The molecule has 1 saturated heterocycles. The van der Waals surface area contributed by atoms with Crippen molar-refractivity contribution in [1.29, 1.82) is 0 Å². The highest BCUT2D eigenvalue weighted by atomic mass is 19.4. The molecule has 0 radical (unpaired) electrons. The Hall–Kier alpha value is -2.39. The Morgan fingerprint density at radius 2 is 1.63 bits per heavy atom. The number of rotatable bonds is 6. The summed E-state index contributed by atoms with van der Waals surface area (Å²) in [5, 5.41) is 19.0. The molecule has 1 aromatic carbocycles. The van der Waals surface area contributed by atoms with Gasteiger partial charge in [-0.1, -0.05) is 31.0 Å². The van der Waals surface area contributed by atoms with Gasteiger partial charge in [-0.05, 0) is 37.4 Å². The number of aliphatic carboxylic acids is 2. The maximum absolute atomic E-state index is 13.2. The first-order valence-electron chi connectivity index (χ1n) is 9.94. The number of alkyl halides is 3. The molecule has 1 heterocycles. The molecule has 1 aliphatic carbocycles. The van der Waals surface area contributed by atoms with Crippen LogP contribution in [-0.2, 0) is 22.3 Å². The van der Waals surface area contributed by atoms with Crippen molar-refractivity contribution < 1.29 is 33.0 Å². The maximum atomic E-state index is 13.2. The Balaban J connectivity index is 0.000000343.